The summed E-state index contributed by atoms with van der Waals surface area (Å²) in [5.41, 5.74) is 5.87. The number of halogens is 2. The predicted octanol–water partition coefficient (Wildman–Crippen LogP) is 3.32. The molecule has 0 spiro atoms. The van der Waals surface area contributed by atoms with Gasteiger partial charge in [0.1, 0.15) is 5.82 Å². The van der Waals surface area contributed by atoms with Gasteiger partial charge < -0.3 is 10.8 Å². The zero-order valence-corrected chi connectivity index (χ0v) is 11.1. The fraction of sp³-hybridized carbons (Fsp3) is 0.231. The van der Waals surface area contributed by atoms with Crippen molar-refractivity contribution in [2.45, 2.75) is 12.0 Å². The normalized spacial score (nSPS) is 14.4. The maximum Gasteiger partial charge on any atom is 0.147 e. The second-order valence-electron chi connectivity index (χ2n) is 3.95. The van der Waals surface area contributed by atoms with E-state index in [4.69, 9.17) is 17.3 Å². The van der Waals surface area contributed by atoms with Gasteiger partial charge in [0, 0.05) is 22.9 Å². The molecule has 0 bridgehead atoms. The lowest BCUT2D eigenvalue weighted by Crippen LogP contribution is -2.20. The molecule has 2 nitrogen and oxygen atoms in total. The molecule has 18 heavy (non-hydrogen) atoms. The van der Waals surface area contributed by atoms with Crippen LogP contribution in [0.4, 0.5) is 4.39 Å². The van der Waals surface area contributed by atoms with E-state index in [2.05, 4.69) is 0 Å². The van der Waals surface area contributed by atoms with Crippen LogP contribution in [-0.4, -0.2) is 11.7 Å². The number of hydrogen-bond acceptors (Lipinski definition) is 3. The third-order valence-corrected chi connectivity index (χ3v) is 4.14. The molecule has 1 aromatic carbocycles. The van der Waals surface area contributed by atoms with Gasteiger partial charge in [-0.1, -0.05) is 29.8 Å². The van der Waals surface area contributed by atoms with Gasteiger partial charge in [0.05, 0.1) is 11.1 Å². The van der Waals surface area contributed by atoms with Crippen molar-refractivity contribution >= 4 is 22.9 Å². The quantitative estimate of drug-likeness (QED) is 0.905. The number of rotatable bonds is 4. The van der Waals surface area contributed by atoms with Crippen LogP contribution in [-0.2, 0) is 0 Å². The van der Waals surface area contributed by atoms with Gasteiger partial charge >= 0.3 is 0 Å². The molecule has 2 aromatic rings. The van der Waals surface area contributed by atoms with Gasteiger partial charge in [0.2, 0.25) is 0 Å². The molecule has 0 fully saturated rings. The topological polar surface area (TPSA) is 46.2 Å². The fourth-order valence-corrected chi connectivity index (χ4v) is 2.92. The van der Waals surface area contributed by atoms with Crippen LogP contribution in [0.25, 0.3) is 0 Å². The number of nitrogens with two attached hydrogens (primary N) is 1. The highest BCUT2D eigenvalue weighted by Crippen LogP contribution is 2.35. The number of aliphatic hydroxyl groups excluding tert-OH is 1. The molecular formula is C13H13ClFNOS. The monoisotopic (exact) mass is 285 g/mol. The van der Waals surface area contributed by atoms with Gasteiger partial charge in [-0.25, -0.2) is 4.39 Å². The molecule has 5 heteroatoms. The van der Waals surface area contributed by atoms with Gasteiger partial charge in [-0.2, -0.15) is 0 Å². The molecule has 2 unspecified atom stereocenters. The molecule has 3 N–H and O–H groups in total. The maximum atomic E-state index is 13.9. The first kappa shape index (κ1) is 13.5. The molecule has 0 saturated heterocycles. The van der Waals surface area contributed by atoms with Crippen molar-refractivity contribution in [1.82, 2.24) is 0 Å². The summed E-state index contributed by atoms with van der Waals surface area (Å²) in [7, 11) is 0. The van der Waals surface area contributed by atoms with Crippen LogP contribution in [0.3, 0.4) is 0 Å². The summed E-state index contributed by atoms with van der Waals surface area (Å²) >= 11 is 7.21. The zero-order valence-electron chi connectivity index (χ0n) is 9.51. The minimum atomic E-state index is -0.993. The van der Waals surface area contributed by atoms with Crippen LogP contribution < -0.4 is 5.73 Å². The summed E-state index contributed by atoms with van der Waals surface area (Å²) in [6.45, 7) is 0.244. The molecule has 1 heterocycles. The summed E-state index contributed by atoms with van der Waals surface area (Å²) in [5, 5.41) is 12.2. The first-order chi connectivity index (χ1) is 8.65. The fourth-order valence-electron chi connectivity index (χ4n) is 1.87. The Morgan fingerprint density at radius 2 is 2.11 bits per heavy atom. The Labute approximate surface area is 114 Å². The second kappa shape index (κ2) is 5.80. The van der Waals surface area contributed by atoms with E-state index < -0.39 is 11.9 Å². The molecule has 0 aliphatic heterocycles. The summed E-state index contributed by atoms with van der Waals surface area (Å²) in [6.07, 6.45) is -0.993. The smallest absolute Gasteiger partial charge is 0.147 e. The molecule has 2 rings (SSSR count). The molecule has 2 atom stereocenters. The number of benzene rings is 1. The van der Waals surface area contributed by atoms with Gasteiger partial charge in [0.15, 0.2) is 0 Å². The highest BCUT2D eigenvalue weighted by atomic mass is 35.5. The van der Waals surface area contributed by atoms with Crippen molar-refractivity contribution < 1.29 is 9.50 Å². The number of aliphatic hydroxyl groups is 1. The highest BCUT2D eigenvalue weighted by Gasteiger charge is 2.25. The van der Waals surface area contributed by atoms with Crippen LogP contribution in [0, 0.1) is 5.82 Å². The Bertz CT molecular complexity index is 518. The van der Waals surface area contributed by atoms with Crippen molar-refractivity contribution in [2.75, 3.05) is 6.54 Å². The van der Waals surface area contributed by atoms with Gasteiger partial charge in [-0.3, -0.25) is 0 Å². The van der Waals surface area contributed by atoms with E-state index in [0.29, 0.717) is 0 Å². The van der Waals surface area contributed by atoms with Crippen molar-refractivity contribution in [3.05, 3.63) is 57.0 Å². The van der Waals surface area contributed by atoms with E-state index in [1.54, 1.807) is 6.07 Å². The highest BCUT2D eigenvalue weighted by molar-refractivity contribution is 7.10. The SMILES string of the molecule is NCC(c1cccs1)C(O)c1cccc(Cl)c1F. The van der Waals surface area contributed by atoms with Gasteiger partial charge in [0.25, 0.3) is 0 Å². The first-order valence-corrected chi connectivity index (χ1v) is 6.76. The third-order valence-electron chi connectivity index (χ3n) is 2.84. The third kappa shape index (κ3) is 2.57. The molecule has 0 aliphatic rings. The van der Waals surface area contributed by atoms with E-state index >= 15 is 0 Å². The van der Waals surface area contributed by atoms with E-state index in [1.165, 1.54) is 23.5 Å². The largest absolute Gasteiger partial charge is 0.388 e. The Morgan fingerprint density at radius 3 is 2.72 bits per heavy atom. The minimum Gasteiger partial charge on any atom is -0.388 e. The summed E-state index contributed by atoms with van der Waals surface area (Å²) in [5.74, 6) is -0.903. The Morgan fingerprint density at radius 1 is 1.33 bits per heavy atom. The maximum absolute atomic E-state index is 13.9. The van der Waals surface area contributed by atoms with E-state index in [0.717, 1.165) is 4.88 Å². The average Bonchev–Trinajstić information content (AvgIpc) is 2.87. The van der Waals surface area contributed by atoms with E-state index in [-0.39, 0.29) is 23.0 Å². The molecule has 1 aromatic heterocycles. The predicted molar refractivity (Wildman–Crippen MR) is 72.5 cm³/mol. The molecule has 0 radical (unpaired) electrons. The summed E-state index contributed by atoms with van der Waals surface area (Å²) in [6, 6.07) is 8.36. The van der Waals surface area contributed by atoms with Crippen LogP contribution in [0.2, 0.25) is 5.02 Å². The molecular weight excluding hydrogens is 273 g/mol. The summed E-state index contributed by atoms with van der Waals surface area (Å²) in [4.78, 5) is 0.935. The minimum absolute atomic E-state index is 0.00787. The van der Waals surface area contributed by atoms with Gasteiger partial charge in [-0.15, -0.1) is 11.3 Å². The molecule has 0 aliphatic carbocycles. The van der Waals surface area contributed by atoms with Crippen molar-refractivity contribution in [3.63, 3.8) is 0 Å². The average molecular weight is 286 g/mol. The Kier molecular flexibility index (Phi) is 4.35. The first-order valence-electron chi connectivity index (χ1n) is 5.50. The molecule has 0 amide bonds. The van der Waals surface area contributed by atoms with Crippen molar-refractivity contribution in [1.29, 1.82) is 0 Å². The van der Waals surface area contributed by atoms with E-state index in [1.807, 2.05) is 17.5 Å². The van der Waals surface area contributed by atoms with Crippen molar-refractivity contribution in [3.8, 4) is 0 Å². The van der Waals surface area contributed by atoms with Crippen LogP contribution in [0.5, 0.6) is 0 Å². The Balaban J connectivity index is 2.35. The van der Waals surface area contributed by atoms with Crippen molar-refractivity contribution in [2.24, 2.45) is 5.73 Å². The van der Waals surface area contributed by atoms with E-state index in [9.17, 15) is 9.50 Å². The van der Waals surface area contributed by atoms with Gasteiger partial charge in [-0.05, 0) is 17.5 Å². The summed E-state index contributed by atoms with van der Waals surface area (Å²) < 4.78 is 13.9. The number of hydrogen-bond donors (Lipinski definition) is 2. The lowest BCUT2D eigenvalue weighted by atomic mass is 9.94. The standard InChI is InChI=1S/C13H13ClFNOS/c14-10-4-1-3-8(12(10)15)13(17)9(7-16)11-5-2-6-18-11/h1-6,9,13,17H,7,16H2. The lowest BCUT2D eigenvalue weighted by Gasteiger charge is -2.21. The zero-order chi connectivity index (χ0) is 13.1. The van der Waals surface area contributed by atoms with Crippen LogP contribution in [0.15, 0.2) is 35.7 Å². The number of thiophene rings is 1. The van der Waals surface area contributed by atoms with Crippen LogP contribution >= 0.6 is 22.9 Å². The van der Waals surface area contributed by atoms with Crippen LogP contribution in [0.1, 0.15) is 22.5 Å². The molecule has 96 valence electrons. The Hall–Kier alpha value is -0.940. The molecule has 0 saturated carbocycles. The lowest BCUT2D eigenvalue weighted by molar-refractivity contribution is 0.144. The second-order valence-corrected chi connectivity index (χ2v) is 5.33.